The van der Waals surface area contributed by atoms with Gasteiger partial charge in [0, 0.05) is 48.6 Å². The summed E-state index contributed by atoms with van der Waals surface area (Å²) in [6.45, 7) is 1.90. The number of carbonyl (C=O) groups is 1. The number of piperidine rings is 1. The molecular weight excluding hydrogens is 524 g/mol. The zero-order chi connectivity index (χ0) is 27.8. The summed E-state index contributed by atoms with van der Waals surface area (Å²) in [6, 6.07) is 10.4. The molecule has 3 N–H and O–H groups in total. The summed E-state index contributed by atoms with van der Waals surface area (Å²) in [7, 11) is -3.72. The lowest BCUT2D eigenvalue weighted by Crippen LogP contribution is -2.39. The van der Waals surface area contributed by atoms with Gasteiger partial charge in [0.1, 0.15) is 0 Å². The van der Waals surface area contributed by atoms with Crippen LogP contribution in [0, 0.1) is 12.3 Å². The normalized spacial score (nSPS) is 19.9. The van der Waals surface area contributed by atoms with Crippen LogP contribution in [0.4, 0.5) is 25.8 Å². The van der Waals surface area contributed by atoms with E-state index < -0.39 is 28.3 Å². The van der Waals surface area contributed by atoms with E-state index in [-0.39, 0.29) is 31.8 Å². The number of alkyl halides is 2. The number of sulfonamides is 1. The predicted octanol–water partition coefficient (Wildman–Crippen LogP) is 5.56. The number of rotatable bonds is 8. The van der Waals surface area contributed by atoms with Crippen molar-refractivity contribution in [3.8, 4) is 0 Å². The number of allylic oxidation sites excluding steroid dienone is 2. The van der Waals surface area contributed by atoms with Crippen molar-refractivity contribution >= 4 is 38.6 Å². The molecule has 0 unspecified atom stereocenters. The molecule has 7 nitrogen and oxygen atoms in total. The first-order chi connectivity index (χ1) is 18.5. The largest absolute Gasteiger partial charge is 0.395 e. The van der Waals surface area contributed by atoms with E-state index in [0.29, 0.717) is 27.9 Å². The van der Waals surface area contributed by atoms with Crippen molar-refractivity contribution in [3.63, 3.8) is 0 Å². The number of aryl methyl sites for hydroxylation is 1. The smallest absolute Gasteiger partial charge is 0.256 e. The molecule has 2 aromatic rings. The highest BCUT2D eigenvalue weighted by molar-refractivity contribution is 7.92. The number of hydrogen-bond donors (Lipinski definition) is 3. The van der Waals surface area contributed by atoms with Crippen LogP contribution in [0.5, 0.6) is 0 Å². The van der Waals surface area contributed by atoms with E-state index in [1.54, 1.807) is 18.2 Å². The van der Waals surface area contributed by atoms with Gasteiger partial charge in [0.15, 0.2) is 0 Å². The molecule has 0 radical (unpaired) electrons. The molecule has 39 heavy (non-hydrogen) atoms. The first-order valence-electron chi connectivity index (χ1n) is 13.5. The maximum Gasteiger partial charge on any atom is 0.256 e. The number of halogens is 2. The number of benzene rings is 2. The highest BCUT2D eigenvalue weighted by Crippen LogP contribution is 2.56. The van der Waals surface area contributed by atoms with Crippen molar-refractivity contribution in [3.05, 3.63) is 59.2 Å². The van der Waals surface area contributed by atoms with Gasteiger partial charge in [-0.1, -0.05) is 6.08 Å². The fourth-order valence-corrected chi connectivity index (χ4v) is 6.38. The third kappa shape index (κ3) is 6.61. The zero-order valence-corrected chi connectivity index (χ0v) is 22.9. The molecule has 2 aromatic carbocycles. The highest BCUT2D eigenvalue weighted by Gasteiger charge is 2.43. The SMILES string of the molecule is Cc1cc(NC(=O)c2ccc(NS(=O)(=O)CCO)cc2C2=CCC3(CC2)CC3)cc(N2CCC(F)(F)CC2)c1. The highest BCUT2D eigenvalue weighted by atomic mass is 32.2. The van der Waals surface area contributed by atoms with Crippen molar-refractivity contribution < 1.29 is 27.1 Å². The first-order valence-corrected chi connectivity index (χ1v) is 15.1. The minimum absolute atomic E-state index is 0.198. The van der Waals surface area contributed by atoms with E-state index in [2.05, 4.69) is 16.1 Å². The van der Waals surface area contributed by atoms with Crippen LogP contribution < -0.4 is 14.9 Å². The molecule has 10 heteroatoms. The molecule has 210 valence electrons. The summed E-state index contributed by atoms with van der Waals surface area (Å²) in [5.74, 6) is -3.39. The number of anilines is 3. The molecule has 2 fully saturated rings. The Hall–Kier alpha value is -2.98. The van der Waals surface area contributed by atoms with Gasteiger partial charge in [-0.05, 0) is 97.5 Å². The van der Waals surface area contributed by atoms with E-state index >= 15 is 0 Å². The van der Waals surface area contributed by atoms with Gasteiger partial charge < -0.3 is 15.3 Å². The van der Waals surface area contributed by atoms with E-state index in [4.69, 9.17) is 5.11 Å². The molecule has 0 aromatic heterocycles. The Bertz CT molecular complexity index is 1390. The second kappa shape index (κ2) is 10.5. The topological polar surface area (TPSA) is 98.7 Å². The Morgan fingerprint density at radius 1 is 1.03 bits per heavy atom. The van der Waals surface area contributed by atoms with Gasteiger partial charge in [-0.3, -0.25) is 9.52 Å². The summed E-state index contributed by atoms with van der Waals surface area (Å²) in [5, 5.41) is 12.1. The molecule has 1 spiro atoms. The zero-order valence-electron chi connectivity index (χ0n) is 22.1. The molecular formula is C29H35F2N3O4S. The van der Waals surface area contributed by atoms with E-state index in [1.165, 1.54) is 12.8 Å². The van der Waals surface area contributed by atoms with Crippen molar-refractivity contribution in [1.29, 1.82) is 0 Å². The lowest BCUT2D eigenvalue weighted by Gasteiger charge is -2.33. The third-order valence-corrected chi connectivity index (χ3v) is 9.35. The number of nitrogens with one attached hydrogen (secondary N) is 2. The van der Waals surface area contributed by atoms with Crippen LogP contribution >= 0.6 is 0 Å². The Labute approximate surface area is 228 Å². The van der Waals surface area contributed by atoms with Gasteiger partial charge in [-0.2, -0.15) is 0 Å². The number of aliphatic hydroxyl groups is 1. The second-order valence-electron chi connectivity index (χ2n) is 11.2. The van der Waals surface area contributed by atoms with Gasteiger partial charge in [-0.15, -0.1) is 0 Å². The van der Waals surface area contributed by atoms with Crippen LogP contribution in [-0.4, -0.2) is 50.8 Å². The molecule has 1 saturated carbocycles. The number of aliphatic hydroxyl groups excluding tert-OH is 1. The monoisotopic (exact) mass is 559 g/mol. The Balaban J connectivity index is 1.41. The second-order valence-corrected chi connectivity index (χ2v) is 13.0. The molecule has 3 aliphatic rings. The number of nitrogens with zero attached hydrogens (tertiary/aromatic N) is 1. The lowest BCUT2D eigenvalue weighted by atomic mass is 9.83. The van der Waals surface area contributed by atoms with Gasteiger partial charge in [0.2, 0.25) is 10.0 Å². The van der Waals surface area contributed by atoms with Crippen molar-refractivity contribution in [2.24, 2.45) is 5.41 Å². The molecule has 2 aliphatic carbocycles. The summed E-state index contributed by atoms with van der Waals surface area (Å²) in [6.07, 6.45) is 7.00. The summed E-state index contributed by atoms with van der Waals surface area (Å²) < 4.78 is 54.4. The number of amides is 1. The first kappa shape index (κ1) is 27.6. The standard InChI is InChI=1S/C29H35F2N3O4S/c1-20-16-23(18-24(17-20)34-12-10-29(30,31)11-13-34)32-27(36)25-3-2-22(33-39(37,38)15-14-35)19-26(25)21-4-6-28(7-5-21)8-9-28/h2-4,16-19,33,35H,5-15H2,1H3,(H,32,36). The molecule has 0 atom stereocenters. The van der Waals surface area contributed by atoms with Crippen LogP contribution in [-0.2, 0) is 10.0 Å². The minimum atomic E-state index is -3.72. The minimum Gasteiger partial charge on any atom is -0.395 e. The van der Waals surface area contributed by atoms with Crippen molar-refractivity contribution in [2.45, 2.75) is 57.8 Å². The van der Waals surface area contributed by atoms with Gasteiger partial charge in [-0.25, -0.2) is 17.2 Å². The van der Waals surface area contributed by atoms with Crippen LogP contribution in [0.2, 0.25) is 0 Å². The fraction of sp³-hybridized carbons (Fsp3) is 0.483. The van der Waals surface area contributed by atoms with E-state index in [9.17, 15) is 22.0 Å². The average Bonchev–Trinajstić information content (AvgIpc) is 3.62. The summed E-state index contributed by atoms with van der Waals surface area (Å²) in [4.78, 5) is 15.5. The van der Waals surface area contributed by atoms with Crippen LogP contribution in [0.1, 0.15) is 66.4 Å². The van der Waals surface area contributed by atoms with Crippen LogP contribution in [0.3, 0.4) is 0 Å². The van der Waals surface area contributed by atoms with E-state index in [1.807, 2.05) is 30.0 Å². The predicted molar refractivity (Wildman–Crippen MR) is 150 cm³/mol. The maximum absolute atomic E-state index is 13.7. The van der Waals surface area contributed by atoms with E-state index in [0.717, 1.165) is 36.1 Å². The molecule has 1 heterocycles. The Kier molecular flexibility index (Phi) is 7.45. The third-order valence-electron chi connectivity index (χ3n) is 8.09. The molecule has 1 saturated heterocycles. The molecule has 1 aliphatic heterocycles. The van der Waals surface area contributed by atoms with Crippen LogP contribution in [0.15, 0.2) is 42.5 Å². The lowest BCUT2D eigenvalue weighted by molar-refractivity contribution is -0.0220. The molecule has 0 bridgehead atoms. The van der Waals surface area contributed by atoms with Gasteiger partial charge >= 0.3 is 0 Å². The molecule has 1 amide bonds. The van der Waals surface area contributed by atoms with Crippen LogP contribution in [0.25, 0.3) is 5.57 Å². The quantitative estimate of drug-likeness (QED) is 0.393. The maximum atomic E-state index is 13.7. The summed E-state index contributed by atoms with van der Waals surface area (Å²) in [5.41, 5.74) is 5.11. The number of carbonyl (C=O) groups excluding carboxylic acids is 1. The van der Waals surface area contributed by atoms with Crippen molar-refractivity contribution in [2.75, 3.05) is 40.4 Å². The fourth-order valence-electron chi connectivity index (χ4n) is 5.55. The molecule has 5 rings (SSSR count). The average molecular weight is 560 g/mol. The van der Waals surface area contributed by atoms with Crippen molar-refractivity contribution in [1.82, 2.24) is 0 Å². The summed E-state index contributed by atoms with van der Waals surface area (Å²) >= 11 is 0. The number of hydrogen-bond acceptors (Lipinski definition) is 5. The Morgan fingerprint density at radius 2 is 1.77 bits per heavy atom. The Morgan fingerprint density at radius 3 is 2.41 bits per heavy atom. The van der Waals surface area contributed by atoms with Gasteiger partial charge in [0.25, 0.3) is 11.8 Å². The van der Waals surface area contributed by atoms with Gasteiger partial charge in [0.05, 0.1) is 12.4 Å².